The molecule has 0 bridgehead atoms. The number of rotatable bonds is 0. The van der Waals surface area contributed by atoms with Crippen LogP contribution in [-0.2, 0) is 0 Å². The van der Waals surface area contributed by atoms with Crippen molar-refractivity contribution in [2.24, 2.45) is 0 Å². The van der Waals surface area contributed by atoms with Gasteiger partial charge in [0.1, 0.15) is 0 Å². The van der Waals surface area contributed by atoms with Crippen LogP contribution >= 0.6 is 11.9 Å². The third-order valence-corrected chi connectivity index (χ3v) is 2.02. The van der Waals surface area contributed by atoms with Crippen molar-refractivity contribution in [1.82, 2.24) is 4.72 Å². The second-order valence-corrected chi connectivity index (χ2v) is 2.72. The van der Waals surface area contributed by atoms with E-state index < -0.39 is 0 Å². The number of fused-ring (bicyclic) bond motifs is 1. The van der Waals surface area contributed by atoms with Crippen LogP contribution in [-0.4, -0.2) is 5.12 Å². The lowest BCUT2D eigenvalue weighted by molar-refractivity contribution is 0.109. The van der Waals surface area contributed by atoms with Gasteiger partial charge in [0.25, 0.3) is 0 Å². The van der Waals surface area contributed by atoms with Crippen molar-refractivity contribution in [3.63, 3.8) is 0 Å². The lowest BCUT2D eigenvalue weighted by atomic mass is 10.2. The largest absolute Gasteiger partial charge is 0.279 e. The minimum absolute atomic E-state index is 0.0515. The summed E-state index contributed by atoms with van der Waals surface area (Å²) >= 11 is 1.01. The number of hydrogen-bond donors (Lipinski definition) is 0. The van der Waals surface area contributed by atoms with E-state index in [9.17, 15) is 4.79 Å². The van der Waals surface area contributed by atoms with Crippen LogP contribution in [0.1, 0.15) is 10.4 Å². The lowest BCUT2D eigenvalue weighted by Crippen LogP contribution is -1.82. The van der Waals surface area contributed by atoms with E-state index in [1.165, 1.54) is 0 Å². The molecule has 49 valence electrons. The van der Waals surface area contributed by atoms with E-state index in [0.717, 1.165) is 23.2 Å². The van der Waals surface area contributed by atoms with E-state index in [4.69, 9.17) is 0 Å². The molecule has 2 rings (SSSR count). The molecule has 10 heavy (non-hydrogen) atoms. The van der Waals surface area contributed by atoms with Crippen molar-refractivity contribution in [2.75, 3.05) is 0 Å². The molecule has 1 aliphatic rings. The zero-order valence-corrected chi connectivity index (χ0v) is 5.89. The maximum atomic E-state index is 10.9. The van der Waals surface area contributed by atoms with Crippen LogP contribution in [0, 0.1) is 0 Å². The molecule has 1 heterocycles. The second kappa shape index (κ2) is 2.02. The number of carbonyl (C=O) groups excluding carboxylic acids is 1. The first kappa shape index (κ1) is 5.80. The highest BCUT2D eigenvalue weighted by atomic mass is 32.2. The molecule has 1 aromatic carbocycles. The Balaban J connectivity index is 2.61. The van der Waals surface area contributed by atoms with Crippen LogP contribution in [0.5, 0.6) is 0 Å². The Morgan fingerprint density at radius 3 is 2.90 bits per heavy atom. The maximum absolute atomic E-state index is 10.9. The number of carbonyl (C=O) groups is 1. The van der Waals surface area contributed by atoms with Gasteiger partial charge in [0.05, 0.1) is 23.2 Å². The topological polar surface area (TPSA) is 31.2 Å². The highest BCUT2D eigenvalue weighted by molar-refractivity contribution is 8.13. The Bertz CT molecular complexity index is 285. The number of nitrogens with zero attached hydrogens (tertiary/aromatic N) is 1. The van der Waals surface area contributed by atoms with E-state index in [-0.39, 0.29) is 5.12 Å². The lowest BCUT2D eigenvalue weighted by Gasteiger charge is -1.88. The van der Waals surface area contributed by atoms with Gasteiger partial charge in [0.2, 0.25) is 5.12 Å². The van der Waals surface area contributed by atoms with E-state index in [1.807, 2.05) is 18.2 Å². The van der Waals surface area contributed by atoms with Gasteiger partial charge in [-0.05, 0) is 12.1 Å². The third-order valence-electron chi connectivity index (χ3n) is 1.35. The Kier molecular flexibility index (Phi) is 1.17. The first-order chi connectivity index (χ1) is 4.88. The van der Waals surface area contributed by atoms with Crippen molar-refractivity contribution < 1.29 is 4.79 Å². The summed E-state index contributed by atoms with van der Waals surface area (Å²) in [5.41, 5.74) is 1.53. The molecule has 0 fully saturated rings. The minimum Gasteiger partial charge on any atom is -0.279 e. The number of benzene rings is 1. The van der Waals surface area contributed by atoms with Gasteiger partial charge in [-0.15, -0.1) is 0 Å². The molecule has 0 spiro atoms. The van der Waals surface area contributed by atoms with Crippen molar-refractivity contribution in [3.05, 3.63) is 29.8 Å². The van der Waals surface area contributed by atoms with Crippen LogP contribution in [0.2, 0.25) is 0 Å². The molecular formula is C7H4NOS. The number of hydrogen-bond acceptors (Lipinski definition) is 2. The van der Waals surface area contributed by atoms with Gasteiger partial charge < -0.3 is 0 Å². The molecule has 0 saturated heterocycles. The molecule has 3 heteroatoms. The zero-order chi connectivity index (χ0) is 6.97. The highest BCUT2D eigenvalue weighted by Crippen LogP contribution is 2.29. The smallest absolute Gasteiger partial charge is 0.243 e. The minimum atomic E-state index is 0.0515. The van der Waals surface area contributed by atoms with Gasteiger partial charge in [-0.1, -0.05) is 12.1 Å². The first-order valence-corrected chi connectivity index (χ1v) is 3.67. The molecule has 0 atom stereocenters. The average Bonchev–Trinajstić information content (AvgIpc) is 2.34. The molecule has 2 nitrogen and oxygen atoms in total. The van der Waals surface area contributed by atoms with Crippen molar-refractivity contribution in [3.8, 4) is 0 Å². The molecule has 0 N–H and O–H groups in total. The average molecular weight is 150 g/mol. The van der Waals surface area contributed by atoms with Gasteiger partial charge in [0.15, 0.2) is 0 Å². The molecule has 0 unspecified atom stereocenters. The summed E-state index contributed by atoms with van der Waals surface area (Å²) in [6.07, 6.45) is 0. The van der Waals surface area contributed by atoms with Gasteiger partial charge in [-0.25, -0.2) is 4.72 Å². The molecule has 0 amide bonds. The van der Waals surface area contributed by atoms with Crippen LogP contribution in [0.4, 0.5) is 5.69 Å². The van der Waals surface area contributed by atoms with Crippen molar-refractivity contribution >= 4 is 22.8 Å². The summed E-state index contributed by atoms with van der Waals surface area (Å²) < 4.78 is 3.95. The Hall–Kier alpha value is -0.960. The molecule has 1 aromatic rings. The van der Waals surface area contributed by atoms with Crippen molar-refractivity contribution in [2.45, 2.75) is 0 Å². The van der Waals surface area contributed by atoms with Crippen LogP contribution in [0.3, 0.4) is 0 Å². The fraction of sp³-hybridized carbons (Fsp3) is 0. The monoisotopic (exact) mass is 150 g/mol. The molecule has 1 radical (unpaired) electrons. The van der Waals surface area contributed by atoms with E-state index >= 15 is 0 Å². The quantitative estimate of drug-likeness (QED) is 0.527. The predicted molar refractivity (Wildman–Crippen MR) is 40.2 cm³/mol. The molecule has 0 aromatic heterocycles. The highest BCUT2D eigenvalue weighted by Gasteiger charge is 2.20. The van der Waals surface area contributed by atoms with Crippen molar-refractivity contribution in [1.29, 1.82) is 0 Å². The summed E-state index contributed by atoms with van der Waals surface area (Å²) in [5.74, 6) is 0. The second-order valence-electron chi connectivity index (χ2n) is 1.99. The summed E-state index contributed by atoms with van der Waals surface area (Å²) in [4.78, 5) is 10.9. The van der Waals surface area contributed by atoms with Crippen LogP contribution in [0.15, 0.2) is 24.3 Å². The van der Waals surface area contributed by atoms with Crippen LogP contribution < -0.4 is 4.72 Å². The van der Waals surface area contributed by atoms with E-state index in [0.29, 0.717) is 0 Å². The Morgan fingerprint density at radius 2 is 2.10 bits per heavy atom. The molecule has 0 saturated carbocycles. The molecular weight excluding hydrogens is 146 g/mol. The Labute approximate surface area is 62.8 Å². The third kappa shape index (κ3) is 0.708. The first-order valence-electron chi connectivity index (χ1n) is 2.89. The summed E-state index contributed by atoms with van der Waals surface area (Å²) in [7, 11) is 0. The van der Waals surface area contributed by atoms with E-state index in [1.54, 1.807) is 6.07 Å². The van der Waals surface area contributed by atoms with Crippen LogP contribution in [0.25, 0.3) is 0 Å². The summed E-state index contributed by atoms with van der Waals surface area (Å²) in [6, 6.07) is 7.36. The molecule has 1 aliphatic heterocycles. The fourth-order valence-corrected chi connectivity index (χ4v) is 1.48. The zero-order valence-electron chi connectivity index (χ0n) is 5.07. The Morgan fingerprint density at radius 1 is 1.30 bits per heavy atom. The summed E-state index contributed by atoms with van der Waals surface area (Å²) in [5, 5.41) is 0.0515. The molecule has 0 aliphatic carbocycles. The maximum Gasteiger partial charge on any atom is 0.243 e. The predicted octanol–water partition coefficient (Wildman–Crippen LogP) is 1.72. The fourth-order valence-electron chi connectivity index (χ4n) is 0.866. The van der Waals surface area contributed by atoms with Gasteiger partial charge in [0, 0.05) is 0 Å². The summed E-state index contributed by atoms with van der Waals surface area (Å²) in [6.45, 7) is 0. The normalized spacial score (nSPS) is 14.6. The van der Waals surface area contributed by atoms with E-state index in [2.05, 4.69) is 4.72 Å². The standard InChI is InChI=1S/C7H4NOS/c9-7-5-3-1-2-4-6(5)8-10-7/h1-4H. The SMILES string of the molecule is O=C1S[N]c2ccccc21. The van der Waals surface area contributed by atoms with Gasteiger partial charge in [-0.3, -0.25) is 4.79 Å². The van der Waals surface area contributed by atoms with Gasteiger partial charge >= 0.3 is 0 Å². The van der Waals surface area contributed by atoms with Gasteiger partial charge in [-0.2, -0.15) is 0 Å².